The van der Waals surface area contributed by atoms with Gasteiger partial charge in [0.1, 0.15) is 47.8 Å². The van der Waals surface area contributed by atoms with E-state index in [1.54, 1.807) is 41.7 Å². The molecule has 2 saturated heterocycles. The number of nitrogens with zero attached hydrogens (tertiary/aromatic N) is 9. The van der Waals surface area contributed by atoms with E-state index in [4.69, 9.17) is 51.7 Å². The topological polar surface area (TPSA) is 109 Å². The molecule has 0 bridgehead atoms. The molecular weight excluding hydrogens is 893 g/mol. The lowest BCUT2D eigenvalue weighted by molar-refractivity contribution is -0.185. The molecule has 3 aliphatic heterocycles. The summed E-state index contributed by atoms with van der Waals surface area (Å²) < 4.78 is 99.8. The van der Waals surface area contributed by atoms with Crippen LogP contribution in [0.3, 0.4) is 0 Å². The number of anilines is 2. The van der Waals surface area contributed by atoms with E-state index in [0.29, 0.717) is 17.1 Å². The minimum absolute atomic E-state index is 0.00683. The summed E-state index contributed by atoms with van der Waals surface area (Å²) in [5.41, 5.74) is -2.77. The van der Waals surface area contributed by atoms with Crippen LogP contribution in [0.15, 0.2) is 95.4 Å². The molecule has 316 valence electrons. The summed E-state index contributed by atoms with van der Waals surface area (Å²) >= 11 is 23.8. The van der Waals surface area contributed by atoms with Gasteiger partial charge >= 0.3 is 12.4 Å². The van der Waals surface area contributed by atoms with E-state index in [2.05, 4.69) is 26.1 Å². The molecule has 2 fully saturated rings. The third-order valence-corrected chi connectivity index (χ3v) is 11.3. The van der Waals surface area contributed by atoms with Gasteiger partial charge in [0.05, 0.1) is 23.4 Å². The monoisotopic (exact) mass is 921 g/mol. The lowest BCUT2D eigenvalue weighted by atomic mass is 9.79. The number of aromatic nitrogens is 3. The van der Waals surface area contributed by atoms with Crippen LogP contribution >= 0.6 is 46.4 Å². The number of nitriles is 2. The number of hydrogen-bond acceptors (Lipinski definition) is 8. The van der Waals surface area contributed by atoms with E-state index in [-0.39, 0.29) is 81.4 Å². The predicted molar refractivity (Wildman–Crippen MR) is 221 cm³/mol. The van der Waals surface area contributed by atoms with Crippen LogP contribution in [-0.4, -0.2) is 72.4 Å². The van der Waals surface area contributed by atoms with E-state index in [1.807, 2.05) is 0 Å². The Kier molecular flexibility index (Phi) is 13.5. The van der Waals surface area contributed by atoms with Gasteiger partial charge in [-0.25, -0.2) is 19.0 Å². The molecule has 8 rings (SSSR count). The highest BCUT2D eigenvalue weighted by atomic mass is 35.5. The Labute approximate surface area is 364 Å². The molecule has 0 radical (unpaired) electrons. The van der Waals surface area contributed by atoms with E-state index in [9.17, 15) is 36.0 Å². The number of alkyl halides is 6. The molecule has 9 nitrogen and oxygen atoms in total. The highest BCUT2D eigenvalue weighted by Gasteiger charge is 2.60. The van der Waals surface area contributed by atoms with Crippen LogP contribution in [0.5, 0.6) is 0 Å². The molecule has 0 aliphatic carbocycles. The first-order valence-electron chi connectivity index (χ1n) is 18.0. The first-order valence-corrected chi connectivity index (χ1v) is 19.6. The minimum Gasteiger partial charge on any atom is -0.370 e. The molecular formula is C41H30Cl4F7N9. The molecule has 0 amide bonds. The van der Waals surface area contributed by atoms with E-state index in [0.717, 1.165) is 12.6 Å². The Balaban J connectivity index is 0.000000184. The van der Waals surface area contributed by atoms with Crippen molar-refractivity contribution in [1.29, 1.82) is 10.5 Å². The fourth-order valence-corrected chi connectivity index (χ4v) is 8.41. The molecule has 4 heterocycles. The van der Waals surface area contributed by atoms with Gasteiger partial charge in [-0.1, -0.05) is 46.4 Å². The van der Waals surface area contributed by atoms with E-state index >= 15 is 0 Å². The Morgan fingerprint density at radius 2 is 1.15 bits per heavy atom. The van der Waals surface area contributed by atoms with Gasteiger partial charge in [-0.05, 0) is 96.8 Å². The second kappa shape index (κ2) is 18.3. The molecule has 0 N–H and O–H groups in total. The summed E-state index contributed by atoms with van der Waals surface area (Å²) in [6.45, 7) is 0.363. The highest BCUT2D eigenvalue weighted by molar-refractivity contribution is 6.35. The normalized spacial score (nSPS) is 19.5. The van der Waals surface area contributed by atoms with Crippen LogP contribution in [0.4, 0.5) is 42.1 Å². The quantitative estimate of drug-likeness (QED) is 0.162. The third-order valence-electron chi connectivity index (χ3n) is 10.5. The number of hydrogen-bond donors (Lipinski definition) is 0. The smallest absolute Gasteiger partial charge is 0.370 e. The largest absolute Gasteiger partial charge is 0.400 e. The maximum atomic E-state index is 14.3. The Hall–Kier alpha value is -5.39. The summed E-state index contributed by atoms with van der Waals surface area (Å²) in [5, 5.41) is 23.0. The molecule has 61 heavy (non-hydrogen) atoms. The molecule has 20 heteroatoms. The molecule has 1 aromatic heterocycles. The van der Waals surface area contributed by atoms with Crippen LogP contribution in [0.1, 0.15) is 35.1 Å². The molecule has 0 spiro atoms. The summed E-state index contributed by atoms with van der Waals surface area (Å²) in [5.74, 6) is -0.709. The van der Waals surface area contributed by atoms with Crippen molar-refractivity contribution in [3.05, 3.63) is 134 Å². The second-order valence-electron chi connectivity index (χ2n) is 14.1. The van der Waals surface area contributed by atoms with Crippen LogP contribution in [-0.2, 0) is 10.8 Å². The van der Waals surface area contributed by atoms with Gasteiger partial charge in [0.15, 0.2) is 0 Å². The zero-order valence-electron chi connectivity index (χ0n) is 31.4. The van der Waals surface area contributed by atoms with Gasteiger partial charge in [0.2, 0.25) is 0 Å². The average Bonchev–Trinajstić information content (AvgIpc) is 4.05. The van der Waals surface area contributed by atoms with Gasteiger partial charge in [-0.3, -0.25) is 4.99 Å². The number of halogens is 11. The third kappa shape index (κ3) is 9.73. The van der Waals surface area contributed by atoms with Crippen molar-refractivity contribution in [3.63, 3.8) is 0 Å². The predicted octanol–water partition coefficient (Wildman–Crippen LogP) is 11.0. The zero-order valence-corrected chi connectivity index (χ0v) is 34.4. The Morgan fingerprint density at radius 1 is 0.656 bits per heavy atom. The van der Waals surface area contributed by atoms with Gasteiger partial charge in [0.25, 0.3) is 0 Å². The Bertz CT molecular complexity index is 2480. The van der Waals surface area contributed by atoms with E-state index in [1.165, 1.54) is 70.8 Å². The van der Waals surface area contributed by atoms with Gasteiger partial charge in [-0.15, -0.1) is 0 Å². The fraction of sp³-hybridized carbons (Fsp3) is 0.268. The molecule has 2 unspecified atom stereocenters. The SMILES string of the molecule is C1=NC=NC1.N#Cc1cc(N2CCC(c3cc(Cl)cc(Cl)c3)(C(F)(F)F)C2)ccc1-n1cncn1.N#Cc1cc(N2CCC(c3cc(Cl)cc(Cl)c3)(C(F)(F)F)C2)ccc1F. The van der Waals surface area contributed by atoms with Crippen molar-refractivity contribution in [3.8, 4) is 17.8 Å². The molecule has 5 aromatic rings. The Morgan fingerprint density at radius 3 is 1.54 bits per heavy atom. The summed E-state index contributed by atoms with van der Waals surface area (Å²) in [6, 6.07) is 20.3. The number of rotatable bonds is 5. The van der Waals surface area contributed by atoms with Crippen molar-refractivity contribution in [2.75, 3.05) is 42.5 Å². The van der Waals surface area contributed by atoms with Crippen molar-refractivity contribution >= 4 is 70.3 Å². The van der Waals surface area contributed by atoms with Gasteiger partial charge < -0.3 is 9.80 Å². The minimum atomic E-state index is -4.53. The fourth-order valence-electron chi connectivity index (χ4n) is 7.36. The van der Waals surface area contributed by atoms with Crippen molar-refractivity contribution in [1.82, 2.24) is 14.8 Å². The molecule has 0 saturated carbocycles. The lowest BCUT2D eigenvalue weighted by Gasteiger charge is -2.33. The highest BCUT2D eigenvalue weighted by Crippen LogP contribution is 2.51. The van der Waals surface area contributed by atoms with Crippen molar-refractivity contribution < 1.29 is 30.7 Å². The first-order chi connectivity index (χ1) is 28.9. The molecule has 2 atom stereocenters. The first kappa shape index (κ1) is 45.1. The summed E-state index contributed by atoms with van der Waals surface area (Å²) in [4.78, 5) is 14.4. The van der Waals surface area contributed by atoms with Crippen LogP contribution in [0.2, 0.25) is 20.1 Å². The standard InChI is InChI=1S/C20H14Cl2F3N5.C18H12Cl2F4N2.C3H4N2/c21-15-6-14(7-16(22)8-15)19(20(23,24)25)3-4-29(10-19)17-1-2-18(13(5-17)9-26)30-12-27-11-28-30;19-13-6-12(7-14(20)8-13)17(18(22,23)24)3-4-26(10-17)15-1-2-16(21)11(5-15)9-25;1-2-5-3-4-1/h1-2,5-8,11-12H,3-4,10H2;1-2,5-8H,3-4,10H2;1,3H,2H2. The summed E-state index contributed by atoms with van der Waals surface area (Å²) in [6.07, 6.45) is -3.29. The van der Waals surface area contributed by atoms with Gasteiger partial charge in [0, 0.05) is 63.9 Å². The summed E-state index contributed by atoms with van der Waals surface area (Å²) in [7, 11) is 0. The maximum absolute atomic E-state index is 14.3. The maximum Gasteiger partial charge on any atom is 0.400 e. The van der Waals surface area contributed by atoms with Crippen LogP contribution < -0.4 is 9.80 Å². The zero-order chi connectivity index (χ0) is 44.2. The number of benzene rings is 4. The van der Waals surface area contributed by atoms with Crippen LogP contribution in [0.25, 0.3) is 5.69 Å². The van der Waals surface area contributed by atoms with Crippen molar-refractivity contribution in [2.24, 2.45) is 9.98 Å². The number of aliphatic imine (C=N–C) groups is 2. The van der Waals surface area contributed by atoms with Crippen LogP contribution in [0, 0.1) is 28.5 Å². The van der Waals surface area contributed by atoms with E-state index < -0.39 is 29.0 Å². The lowest BCUT2D eigenvalue weighted by Crippen LogP contribution is -2.44. The molecule has 4 aromatic carbocycles. The van der Waals surface area contributed by atoms with Crippen molar-refractivity contribution in [2.45, 2.75) is 36.0 Å². The average molecular weight is 924 g/mol. The van der Waals surface area contributed by atoms with Gasteiger partial charge in [-0.2, -0.15) is 42.0 Å². The second-order valence-corrected chi connectivity index (χ2v) is 15.8. The molecule has 3 aliphatic rings.